The van der Waals surface area contributed by atoms with Crippen LogP contribution in [0, 0.1) is 11.8 Å². The summed E-state index contributed by atoms with van der Waals surface area (Å²) in [7, 11) is 1.33. The predicted molar refractivity (Wildman–Crippen MR) is 71.9 cm³/mol. The Morgan fingerprint density at radius 1 is 1.37 bits per heavy atom. The minimum absolute atomic E-state index is 0.0143. The molecular weight excluding hydrogens is 244 g/mol. The van der Waals surface area contributed by atoms with Crippen LogP contribution in [0.4, 0.5) is 5.69 Å². The average molecular weight is 262 g/mol. The lowest BCUT2D eigenvalue weighted by molar-refractivity contribution is -0.120. The summed E-state index contributed by atoms with van der Waals surface area (Å²) in [5.74, 6) is -0.128. The van der Waals surface area contributed by atoms with Gasteiger partial charge in [0.25, 0.3) is 0 Å². The van der Waals surface area contributed by atoms with E-state index in [1.165, 1.54) is 7.11 Å². The van der Waals surface area contributed by atoms with Gasteiger partial charge < -0.3 is 15.4 Å². The van der Waals surface area contributed by atoms with E-state index in [9.17, 15) is 9.59 Å². The number of carbonyl (C=O) groups excluding carboxylic acids is 2. The molecule has 1 heterocycles. The Hall–Kier alpha value is -1.88. The van der Waals surface area contributed by atoms with Crippen LogP contribution < -0.4 is 10.6 Å². The highest BCUT2D eigenvalue weighted by Gasteiger charge is 2.29. The van der Waals surface area contributed by atoms with Gasteiger partial charge in [0.1, 0.15) is 0 Å². The topological polar surface area (TPSA) is 67.4 Å². The van der Waals surface area contributed by atoms with E-state index in [4.69, 9.17) is 0 Å². The minimum Gasteiger partial charge on any atom is -0.465 e. The summed E-state index contributed by atoms with van der Waals surface area (Å²) < 4.78 is 4.65. The van der Waals surface area contributed by atoms with Crippen molar-refractivity contribution < 1.29 is 14.3 Å². The second-order valence-electron chi connectivity index (χ2n) is 4.80. The Bertz CT molecular complexity index is 487. The second-order valence-corrected chi connectivity index (χ2v) is 4.80. The number of hydrogen-bond donors (Lipinski definition) is 2. The van der Waals surface area contributed by atoms with E-state index in [-0.39, 0.29) is 11.8 Å². The third-order valence-electron chi connectivity index (χ3n) is 3.41. The fraction of sp³-hybridized carbons (Fsp3) is 0.429. The van der Waals surface area contributed by atoms with Gasteiger partial charge in [0.05, 0.1) is 18.6 Å². The van der Waals surface area contributed by atoms with E-state index in [1.54, 1.807) is 24.3 Å². The third kappa shape index (κ3) is 3.12. The SMILES string of the molecule is COC(=O)c1cccc(NC(=O)C2CNCC2C)c1. The van der Waals surface area contributed by atoms with E-state index in [0.29, 0.717) is 23.7 Å². The van der Waals surface area contributed by atoms with Crippen molar-refractivity contribution in [2.75, 3.05) is 25.5 Å². The first-order chi connectivity index (χ1) is 9.11. The van der Waals surface area contributed by atoms with Gasteiger partial charge in [-0.25, -0.2) is 4.79 Å². The number of hydrogen-bond acceptors (Lipinski definition) is 4. The fourth-order valence-corrected chi connectivity index (χ4v) is 2.24. The molecule has 0 aliphatic carbocycles. The van der Waals surface area contributed by atoms with Gasteiger partial charge in [-0.1, -0.05) is 13.0 Å². The van der Waals surface area contributed by atoms with Crippen LogP contribution in [0.15, 0.2) is 24.3 Å². The zero-order valence-corrected chi connectivity index (χ0v) is 11.1. The Morgan fingerprint density at radius 3 is 2.79 bits per heavy atom. The number of rotatable bonds is 3. The first kappa shape index (κ1) is 13.5. The second kappa shape index (κ2) is 5.84. The molecule has 1 fully saturated rings. The molecule has 1 aliphatic rings. The van der Waals surface area contributed by atoms with Crippen LogP contribution >= 0.6 is 0 Å². The summed E-state index contributed by atoms with van der Waals surface area (Å²) in [6.45, 7) is 3.61. The van der Waals surface area contributed by atoms with E-state index >= 15 is 0 Å². The first-order valence-electron chi connectivity index (χ1n) is 6.31. The first-order valence-corrected chi connectivity index (χ1v) is 6.31. The zero-order chi connectivity index (χ0) is 13.8. The Balaban J connectivity index is 2.06. The van der Waals surface area contributed by atoms with Crippen LogP contribution in [-0.4, -0.2) is 32.1 Å². The summed E-state index contributed by atoms with van der Waals surface area (Å²) in [5.41, 5.74) is 1.05. The Morgan fingerprint density at radius 2 is 2.16 bits per heavy atom. The maximum absolute atomic E-state index is 12.1. The van der Waals surface area contributed by atoms with E-state index in [1.807, 2.05) is 0 Å². The van der Waals surface area contributed by atoms with Gasteiger partial charge in [-0.05, 0) is 30.7 Å². The quantitative estimate of drug-likeness (QED) is 0.805. The largest absolute Gasteiger partial charge is 0.465 e. The van der Waals surface area contributed by atoms with Gasteiger partial charge in [0, 0.05) is 12.2 Å². The molecule has 102 valence electrons. The molecule has 1 aromatic carbocycles. The maximum Gasteiger partial charge on any atom is 0.337 e. The number of nitrogens with one attached hydrogen (secondary N) is 2. The van der Waals surface area contributed by atoms with Gasteiger partial charge >= 0.3 is 5.97 Å². The lowest BCUT2D eigenvalue weighted by Crippen LogP contribution is -2.27. The molecule has 5 nitrogen and oxygen atoms in total. The normalized spacial score (nSPS) is 22.0. The summed E-state index contributed by atoms with van der Waals surface area (Å²) in [4.78, 5) is 23.5. The molecule has 2 atom stereocenters. The van der Waals surface area contributed by atoms with Crippen molar-refractivity contribution >= 4 is 17.6 Å². The molecule has 1 amide bonds. The molecule has 0 saturated carbocycles. The number of ether oxygens (including phenoxy) is 1. The molecular formula is C14H18N2O3. The van der Waals surface area contributed by atoms with E-state index in [2.05, 4.69) is 22.3 Å². The average Bonchev–Trinajstić information content (AvgIpc) is 2.84. The van der Waals surface area contributed by atoms with Crippen LogP contribution in [0.3, 0.4) is 0 Å². The standard InChI is InChI=1S/C14H18N2O3/c1-9-7-15-8-12(9)13(17)16-11-5-3-4-10(6-11)14(18)19-2/h3-6,9,12,15H,7-8H2,1-2H3,(H,16,17). The molecule has 19 heavy (non-hydrogen) atoms. The van der Waals surface area contributed by atoms with Crippen molar-refractivity contribution in [2.24, 2.45) is 11.8 Å². The Kier molecular flexibility index (Phi) is 4.16. The summed E-state index contributed by atoms with van der Waals surface area (Å²) in [5, 5.41) is 6.04. The molecule has 0 spiro atoms. The molecule has 0 radical (unpaired) electrons. The van der Waals surface area contributed by atoms with Gasteiger partial charge in [-0.15, -0.1) is 0 Å². The number of carbonyl (C=O) groups is 2. The molecule has 1 aliphatic heterocycles. The number of methoxy groups -OCH3 is 1. The third-order valence-corrected chi connectivity index (χ3v) is 3.41. The fourth-order valence-electron chi connectivity index (χ4n) is 2.24. The summed E-state index contributed by atoms with van der Waals surface area (Å²) in [6, 6.07) is 6.76. The zero-order valence-electron chi connectivity index (χ0n) is 11.1. The lowest BCUT2D eigenvalue weighted by atomic mass is 9.97. The maximum atomic E-state index is 12.1. The van der Waals surface area contributed by atoms with Crippen LogP contribution in [-0.2, 0) is 9.53 Å². The van der Waals surface area contributed by atoms with Crippen molar-refractivity contribution in [3.05, 3.63) is 29.8 Å². The van der Waals surface area contributed by atoms with E-state index in [0.717, 1.165) is 6.54 Å². The number of benzene rings is 1. The predicted octanol–water partition coefficient (Wildman–Crippen LogP) is 1.27. The number of anilines is 1. The van der Waals surface area contributed by atoms with Crippen molar-refractivity contribution in [3.8, 4) is 0 Å². The monoisotopic (exact) mass is 262 g/mol. The van der Waals surface area contributed by atoms with Crippen LogP contribution in [0.1, 0.15) is 17.3 Å². The molecule has 1 aromatic rings. The van der Waals surface area contributed by atoms with E-state index < -0.39 is 5.97 Å². The molecule has 0 aromatic heterocycles. The molecule has 2 unspecified atom stereocenters. The van der Waals surface area contributed by atoms with Gasteiger partial charge in [-0.2, -0.15) is 0 Å². The highest BCUT2D eigenvalue weighted by atomic mass is 16.5. The molecule has 1 saturated heterocycles. The smallest absolute Gasteiger partial charge is 0.337 e. The molecule has 0 bridgehead atoms. The summed E-state index contributed by atoms with van der Waals surface area (Å²) >= 11 is 0. The van der Waals surface area contributed by atoms with Crippen molar-refractivity contribution in [1.82, 2.24) is 5.32 Å². The molecule has 2 rings (SSSR count). The molecule has 5 heteroatoms. The van der Waals surface area contributed by atoms with Gasteiger partial charge in [0.2, 0.25) is 5.91 Å². The number of amides is 1. The highest BCUT2D eigenvalue weighted by molar-refractivity contribution is 5.95. The Labute approximate surface area is 112 Å². The van der Waals surface area contributed by atoms with Crippen molar-refractivity contribution in [2.45, 2.75) is 6.92 Å². The minimum atomic E-state index is -0.410. The van der Waals surface area contributed by atoms with Crippen molar-refractivity contribution in [1.29, 1.82) is 0 Å². The number of esters is 1. The molecule has 2 N–H and O–H groups in total. The van der Waals surface area contributed by atoms with Crippen LogP contribution in [0.25, 0.3) is 0 Å². The van der Waals surface area contributed by atoms with Gasteiger partial charge in [0.15, 0.2) is 0 Å². The van der Waals surface area contributed by atoms with Gasteiger partial charge in [-0.3, -0.25) is 4.79 Å². The van der Waals surface area contributed by atoms with Crippen LogP contribution in [0.2, 0.25) is 0 Å². The highest BCUT2D eigenvalue weighted by Crippen LogP contribution is 2.19. The van der Waals surface area contributed by atoms with Crippen molar-refractivity contribution in [3.63, 3.8) is 0 Å². The van der Waals surface area contributed by atoms with Crippen LogP contribution in [0.5, 0.6) is 0 Å². The summed E-state index contributed by atoms with van der Waals surface area (Å²) in [6.07, 6.45) is 0. The lowest BCUT2D eigenvalue weighted by Gasteiger charge is -2.14.